The molecule has 0 aliphatic rings. The Morgan fingerprint density at radius 1 is 0.967 bits per heavy atom. The molecule has 0 spiro atoms. The number of rotatable bonds is 5. The van der Waals surface area contributed by atoms with Crippen LogP contribution in [0.2, 0.25) is 0 Å². The number of halogens is 3. The Morgan fingerprint density at radius 3 is 2.47 bits per heavy atom. The highest BCUT2D eigenvalue weighted by Gasteiger charge is 2.32. The van der Waals surface area contributed by atoms with E-state index in [9.17, 15) is 13.2 Å². The molecule has 3 N–H and O–H groups in total. The molecule has 10 heteroatoms. The number of pyridine rings is 1. The highest BCUT2D eigenvalue weighted by atomic mass is 32.1. The Bertz CT molecular complexity index is 1150. The van der Waals surface area contributed by atoms with Crippen LogP contribution in [0.4, 0.5) is 30.6 Å². The second-order valence-electron chi connectivity index (χ2n) is 6.13. The zero-order valence-corrected chi connectivity index (χ0v) is 16.0. The smallest absolute Gasteiger partial charge is 0.433 e. The molecule has 4 rings (SSSR count). The van der Waals surface area contributed by atoms with Crippen molar-refractivity contribution >= 4 is 28.8 Å². The van der Waals surface area contributed by atoms with Gasteiger partial charge in [0.2, 0.25) is 5.95 Å². The van der Waals surface area contributed by atoms with Gasteiger partial charge >= 0.3 is 6.18 Å². The third-order valence-corrected chi connectivity index (χ3v) is 4.63. The molecule has 0 saturated carbocycles. The molecule has 4 aromatic rings. The minimum Gasteiger partial charge on any atom is -0.457 e. The van der Waals surface area contributed by atoms with Crippen LogP contribution in [0.5, 0.6) is 11.5 Å². The topological polar surface area (TPSA) is 86.0 Å². The minimum atomic E-state index is -4.53. The summed E-state index contributed by atoms with van der Waals surface area (Å²) in [5, 5.41) is 7.03. The molecule has 152 valence electrons. The summed E-state index contributed by atoms with van der Waals surface area (Å²) < 4.78 is 43.8. The van der Waals surface area contributed by atoms with Crippen LogP contribution in [-0.4, -0.2) is 15.0 Å². The highest BCUT2D eigenvalue weighted by Crippen LogP contribution is 2.31. The van der Waals surface area contributed by atoms with Crippen molar-refractivity contribution in [2.24, 2.45) is 0 Å². The van der Waals surface area contributed by atoms with Gasteiger partial charge in [0.15, 0.2) is 0 Å². The molecule has 1 aromatic carbocycles. The molecule has 0 atom stereocenters. The van der Waals surface area contributed by atoms with Crippen LogP contribution in [0.25, 0.3) is 11.3 Å². The number of ether oxygens (including phenoxy) is 1. The predicted molar refractivity (Wildman–Crippen MR) is 109 cm³/mol. The Hall–Kier alpha value is -3.66. The summed E-state index contributed by atoms with van der Waals surface area (Å²) in [6.45, 7) is 0. The summed E-state index contributed by atoms with van der Waals surface area (Å²) >= 11 is 1.55. The van der Waals surface area contributed by atoms with E-state index < -0.39 is 11.9 Å². The maximum atomic E-state index is 12.8. The number of nitrogens with one attached hydrogen (secondary N) is 1. The molecule has 6 nitrogen and oxygen atoms in total. The first-order valence-corrected chi connectivity index (χ1v) is 9.56. The molecular formula is C20H14F3N5OS. The molecule has 0 radical (unpaired) electrons. The highest BCUT2D eigenvalue weighted by molar-refractivity contribution is 7.08. The number of anilines is 3. The molecule has 0 amide bonds. The van der Waals surface area contributed by atoms with Gasteiger partial charge in [-0.2, -0.15) is 29.5 Å². The lowest BCUT2D eigenvalue weighted by molar-refractivity contribution is -0.141. The average Bonchev–Trinajstić information content (AvgIpc) is 3.24. The lowest BCUT2D eigenvalue weighted by atomic mass is 10.2. The van der Waals surface area contributed by atoms with Crippen LogP contribution in [0.15, 0.2) is 65.5 Å². The first kappa shape index (κ1) is 19.6. The Morgan fingerprint density at radius 2 is 1.77 bits per heavy atom. The van der Waals surface area contributed by atoms with E-state index in [1.54, 1.807) is 41.7 Å². The number of hydrogen-bond donors (Lipinski definition) is 2. The summed E-state index contributed by atoms with van der Waals surface area (Å²) in [4.78, 5) is 11.7. The van der Waals surface area contributed by atoms with E-state index in [2.05, 4.69) is 20.3 Å². The first-order valence-electron chi connectivity index (χ1n) is 8.62. The van der Waals surface area contributed by atoms with Gasteiger partial charge in [0.1, 0.15) is 23.0 Å². The van der Waals surface area contributed by atoms with E-state index in [-0.39, 0.29) is 11.7 Å². The number of thiophene rings is 1. The van der Waals surface area contributed by atoms with Crippen molar-refractivity contribution in [1.82, 2.24) is 15.0 Å². The van der Waals surface area contributed by atoms with Gasteiger partial charge in [-0.1, -0.05) is 0 Å². The third kappa shape index (κ3) is 4.66. The number of nitrogens with two attached hydrogens (primary N) is 1. The standard InChI is InChI=1S/C20H14F3N5OS/c21-20(22,23)17-9-15(5-7-25-17)29-14-3-1-13(2-4-14)26-18-10-16(27-19(24)28-18)12-6-8-30-11-12/h1-11H,(H3,24,26,27,28). The molecular weight excluding hydrogens is 415 g/mol. The molecule has 30 heavy (non-hydrogen) atoms. The van der Waals surface area contributed by atoms with Crippen molar-refractivity contribution in [3.63, 3.8) is 0 Å². The van der Waals surface area contributed by atoms with Gasteiger partial charge in [-0.25, -0.2) is 4.98 Å². The van der Waals surface area contributed by atoms with Gasteiger partial charge in [0.25, 0.3) is 0 Å². The number of benzene rings is 1. The number of aromatic nitrogens is 3. The number of hydrogen-bond acceptors (Lipinski definition) is 7. The van der Waals surface area contributed by atoms with Gasteiger partial charge < -0.3 is 15.8 Å². The van der Waals surface area contributed by atoms with Crippen LogP contribution in [0, 0.1) is 0 Å². The Kier molecular flexibility index (Phi) is 5.23. The number of alkyl halides is 3. The third-order valence-electron chi connectivity index (χ3n) is 3.94. The summed E-state index contributed by atoms with van der Waals surface area (Å²) in [5.41, 5.74) is 7.13. The first-order chi connectivity index (χ1) is 14.4. The summed E-state index contributed by atoms with van der Waals surface area (Å²) in [6, 6.07) is 12.6. The Labute approximate surface area is 173 Å². The van der Waals surface area contributed by atoms with E-state index in [0.29, 0.717) is 22.9 Å². The molecule has 0 unspecified atom stereocenters. The number of nitrogen functional groups attached to an aromatic ring is 1. The lowest BCUT2D eigenvalue weighted by Gasteiger charge is -2.11. The lowest BCUT2D eigenvalue weighted by Crippen LogP contribution is -2.07. The summed E-state index contributed by atoms with van der Waals surface area (Å²) in [7, 11) is 0. The second kappa shape index (κ2) is 7.99. The zero-order chi connectivity index (χ0) is 21.1. The fourth-order valence-corrected chi connectivity index (χ4v) is 3.26. The van der Waals surface area contributed by atoms with E-state index in [1.807, 2.05) is 16.8 Å². The number of nitrogens with zero attached hydrogens (tertiary/aromatic N) is 3. The van der Waals surface area contributed by atoms with Crippen LogP contribution < -0.4 is 15.8 Å². The molecule has 0 bridgehead atoms. The van der Waals surface area contributed by atoms with E-state index in [4.69, 9.17) is 10.5 Å². The maximum Gasteiger partial charge on any atom is 0.433 e. The van der Waals surface area contributed by atoms with Crippen LogP contribution in [0.1, 0.15) is 5.69 Å². The average molecular weight is 429 g/mol. The van der Waals surface area contributed by atoms with E-state index in [1.165, 1.54) is 6.07 Å². The molecule has 0 aliphatic carbocycles. The molecule has 3 heterocycles. The van der Waals surface area contributed by atoms with Gasteiger partial charge in [0.05, 0.1) is 5.69 Å². The zero-order valence-electron chi connectivity index (χ0n) is 15.2. The van der Waals surface area contributed by atoms with Crippen molar-refractivity contribution in [2.75, 3.05) is 11.1 Å². The summed E-state index contributed by atoms with van der Waals surface area (Å²) in [5.74, 6) is 1.07. The molecule has 0 aliphatic heterocycles. The predicted octanol–water partition coefficient (Wildman–Crippen LogP) is 5.74. The monoisotopic (exact) mass is 429 g/mol. The molecule has 0 fully saturated rings. The van der Waals surface area contributed by atoms with Gasteiger partial charge in [-0.15, -0.1) is 0 Å². The second-order valence-corrected chi connectivity index (χ2v) is 6.91. The quantitative estimate of drug-likeness (QED) is 0.421. The molecule has 0 saturated heterocycles. The van der Waals surface area contributed by atoms with Crippen molar-refractivity contribution in [3.05, 3.63) is 71.2 Å². The molecule has 3 aromatic heterocycles. The maximum absolute atomic E-state index is 12.8. The van der Waals surface area contributed by atoms with Crippen LogP contribution >= 0.6 is 11.3 Å². The van der Waals surface area contributed by atoms with Crippen molar-refractivity contribution in [3.8, 4) is 22.8 Å². The Balaban J connectivity index is 1.48. The fourth-order valence-electron chi connectivity index (χ4n) is 2.61. The van der Waals surface area contributed by atoms with Gasteiger partial charge in [-0.05, 0) is 41.8 Å². The van der Waals surface area contributed by atoms with E-state index >= 15 is 0 Å². The van der Waals surface area contributed by atoms with Crippen LogP contribution in [0.3, 0.4) is 0 Å². The van der Waals surface area contributed by atoms with Crippen molar-refractivity contribution in [2.45, 2.75) is 6.18 Å². The van der Waals surface area contributed by atoms with Crippen LogP contribution in [-0.2, 0) is 6.18 Å². The van der Waals surface area contributed by atoms with Crippen molar-refractivity contribution in [1.29, 1.82) is 0 Å². The van der Waals surface area contributed by atoms with Gasteiger partial charge in [0, 0.05) is 35.0 Å². The minimum absolute atomic E-state index is 0.0435. The summed E-state index contributed by atoms with van der Waals surface area (Å²) in [6.07, 6.45) is -3.48. The van der Waals surface area contributed by atoms with Crippen molar-refractivity contribution < 1.29 is 17.9 Å². The largest absolute Gasteiger partial charge is 0.457 e. The fraction of sp³-hybridized carbons (Fsp3) is 0.0500. The van der Waals surface area contributed by atoms with E-state index in [0.717, 1.165) is 17.8 Å². The normalized spacial score (nSPS) is 11.3. The van der Waals surface area contributed by atoms with Gasteiger partial charge in [-0.3, -0.25) is 4.98 Å². The SMILES string of the molecule is Nc1nc(Nc2ccc(Oc3ccnc(C(F)(F)F)c3)cc2)cc(-c2ccsc2)n1.